The minimum atomic E-state index is -0.321. The van der Waals surface area contributed by atoms with E-state index < -0.39 is 0 Å². The fourth-order valence-electron chi connectivity index (χ4n) is 3.45. The van der Waals surface area contributed by atoms with Crippen LogP contribution in [0.5, 0.6) is 5.75 Å². The second-order valence-electron chi connectivity index (χ2n) is 7.86. The summed E-state index contributed by atoms with van der Waals surface area (Å²) in [5, 5.41) is 11.7. The van der Waals surface area contributed by atoms with Gasteiger partial charge >= 0.3 is 0 Å². The molecule has 2 aromatic heterocycles. The molecule has 2 heterocycles. The maximum absolute atomic E-state index is 14.9. The molecule has 2 aromatic carbocycles. The van der Waals surface area contributed by atoms with Crippen LogP contribution in [0.1, 0.15) is 31.4 Å². The molecule has 0 saturated heterocycles. The largest absolute Gasteiger partial charge is 0.494 e. The van der Waals surface area contributed by atoms with Crippen molar-refractivity contribution in [2.45, 2.75) is 32.6 Å². The molecule has 0 saturated carbocycles. The van der Waals surface area contributed by atoms with Gasteiger partial charge in [-0.15, -0.1) is 0 Å². The van der Waals surface area contributed by atoms with Crippen LogP contribution in [-0.4, -0.2) is 54.3 Å². The summed E-state index contributed by atoms with van der Waals surface area (Å²) < 4.78 is 25.0. The number of carbonyl (C=O) groups is 1. The van der Waals surface area contributed by atoms with E-state index in [0.717, 1.165) is 47.9 Å². The molecule has 36 heavy (non-hydrogen) atoms. The minimum Gasteiger partial charge on any atom is -0.494 e. The van der Waals surface area contributed by atoms with Crippen molar-refractivity contribution in [3.8, 4) is 5.75 Å². The Morgan fingerprint density at radius 2 is 1.83 bits per heavy atom. The van der Waals surface area contributed by atoms with Crippen molar-refractivity contribution < 1.29 is 23.9 Å². The molecule has 4 N–H and O–H groups in total. The zero-order valence-corrected chi connectivity index (χ0v) is 21.1. The molecule has 0 aliphatic carbocycles. The van der Waals surface area contributed by atoms with Crippen LogP contribution in [0.25, 0.3) is 21.8 Å². The number of anilines is 2. The van der Waals surface area contributed by atoms with Crippen molar-refractivity contribution in [1.29, 1.82) is 0 Å². The molecule has 9 nitrogen and oxygen atoms in total. The van der Waals surface area contributed by atoms with E-state index in [2.05, 4.69) is 25.0 Å². The van der Waals surface area contributed by atoms with E-state index in [4.69, 9.17) is 9.94 Å². The molecule has 4 rings (SSSR count). The summed E-state index contributed by atoms with van der Waals surface area (Å²) in [6.07, 6.45) is 5.73. The standard InChI is InChI=1S/C23H23FN4O2.C2H6O.CH5NO/c1-15-12-18-19(27-15)8-9-20(22(18)24)28-23-17-7-6-16(13-21(17)25-14-26-23)30-11-5-3-2-4-10-29;1-3-2;1-2-3/h6-10,12-14,27H,2-5,11H2,1H3,(H,25,26,28);1-2H3;2-3H,1H3. The van der Waals surface area contributed by atoms with E-state index in [1.165, 1.54) is 13.4 Å². The maximum atomic E-state index is 14.9. The van der Waals surface area contributed by atoms with Gasteiger partial charge in [-0.3, -0.25) is 0 Å². The number of hydrogen-bond acceptors (Lipinski definition) is 8. The molecular weight excluding hydrogens is 465 g/mol. The second kappa shape index (κ2) is 15.4. The lowest BCUT2D eigenvalue weighted by atomic mass is 10.2. The number of unbranched alkanes of at least 4 members (excludes halogenated alkanes) is 3. The number of methoxy groups -OCH3 is 1. The average Bonchev–Trinajstić information content (AvgIpc) is 3.25. The third-order valence-corrected chi connectivity index (χ3v) is 4.97. The van der Waals surface area contributed by atoms with Gasteiger partial charge in [-0.2, -0.15) is 0 Å². The number of nitrogens with one attached hydrogen (secondary N) is 3. The lowest BCUT2D eigenvalue weighted by Gasteiger charge is -2.11. The molecule has 0 amide bonds. The third-order valence-electron chi connectivity index (χ3n) is 4.97. The monoisotopic (exact) mass is 499 g/mol. The Labute approximate surface area is 210 Å². The van der Waals surface area contributed by atoms with Crippen LogP contribution in [0.3, 0.4) is 0 Å². The molecule has 0 atom stereocenters. The molecule has 0 radical (unpaired) electrons. The minimum absolute atomic E-state index is 0.321. The van der Waals surface area contributed by atoms with Gasteiger partial charge in [-0.25, -0.2) is 19.8 Å². The van der Waals surface area contributed by atoms with Gasteiger partial charge in [0.1, 0.15) is 24.2 Å². The topological polar surface area (TPSA) is 121 Å². The zero-order valence-electron chi connectivity index (χ0n) is 21.1. The van der Waals surface area contributed by atoms with Crippen LogP contribution >= 0.6 is 0 Å². The number of aryl methyl sites for hydroxylation is 1. The van der Waals surface area contributed by atoms with Gasteiger partial charge in [-0.1, -0.05) is 0 Å². The van der Waals surface area contributed by atoms with E-state index in [-0.39, 0.29) is 5.82 Å². The fraction of sp³-hybridized carbons (Fsp3) is 0.346. The average molecular weight is 500 g/mol. The Morgan fingerprint density at radius 1 is 1.08 bits per heavy atom. The number of aldehydes is 1. The molecular formula is C26H34FN5O4. The number of aromatic amines is 1. The molecule has 0 unspecified atom stereocenters. The maximum Gasteiger partial charge on any atom is 0.156 e. The predicted octanol–water partition coefficient (Wildman–Crippen LogP) is 5.30. The van der Waals surface area contributed by atoms with Gasteiger partial charge in [-0.05, 0) is 56.5 Å². The van der Waals surface area contributed by atoms with Crippen LogP contribution in [0.4, 0.5) is 15.9 Å². The van der Waals surface area contributed by atoms with Crippen molar-refractivity contribution in [1.82, 2.24) is 20.4 Å². The fourth-order valence-corrected chi connectivity index (χ4v) is 3.45. The molecule has 0 aliphatic heterocycles. The molecule has 0 bridgehead atoms. The highest BCUT2D eigenvalue weighted by Gasteiger charge is 2.12. The zero-order chi connectivity index (χ0) is 26.3. The number of aromatic nitrogens is 3. The smallest absolute Gasteiger partial charge is 0.156 e. The van der Waals surface area contributed by atoms with E-state index in [1.807, 2.05) is 31.2 Å². The number of fused-ring (bicyclic) bond motifs is 2. The third kappa shape index (κ3) is 8.26. The van der Waals surface area contributed by atoms with E-state index >= 15 is 0 Å². The summed E-state index contributed by atoms with van der Waals surface area (Å²) in [4.78, 5) is 22.1. The predicted molar refractivity (Wildman–Crippen MR) is 140 cm³/mol. The van der Waals surface area contributed by atoms with Gasteiger partial charge in [0.15, 0.2) is 5.82 Å². The molecule has 0 aliphatic rings. The molecule has 0 fully saturated rings. The Kier molecular flexibility index (Phi) is 12.3. The van der Waals surface area contributed by atoms with Crippen molar-refractivity contribution in [2.75, 3.05) is 33.2 Å². The molecule has 0 spiro atoms. The van der Waals surface area contributed by atoms with E-state index in [9.17, 15) is 9.18 Å². The molecule has 4 aromatic rings. The number of hydroxylamine groups is 1. The number of rotatable bonds is 9. The SMILES string of the molecule is CNO.COC.Cc1cc2c(F)c(Nc3ncnc4cc(OCCCCCC=O)ccc34)ccc2[nH]1. The van der Waals surface area contributed by atoms with Gasteiger partial charge in [0.2, 0.25) is 0 Å². The highest BCUT2D eigenvalue weighted by molar-refractivity contribution is 5.93. The van der Waals surface area contributed by atoms with Crippen molar-refractivity contribution >= 4 is 39.6 Å². The summed E-state index contributed by atoms with van der Waals surface area (Å²) in [6.45, 7) is 2.48. The quantitative estimate of drug-likeness (QED) is 0.139. The number of benzene rings is 2. The normalized spacial score (nSPS) is 10.3. The van der Waals surface area contributed by atoms with Crippen LogP contribution in [0.2, 0.25) is 0 Å². The Hall–Kier alpha value is -3.60. The van der Waals surface area contributed by atoms with Gasteiger partial charge in [0.25, 0.3) is 0 Å². The van der Waals surface area contributed by atoms with Gasteiger partial charge in [0, 0.05) is 55.7 Å². The van der Waals surface area contributed by atoms with Crippen LogP contribution in [0, 0.1) is 12.7 Å². The number of ether oxygens (including phenoxy) is 2. The first-order chi connectivity index (χ1) is 17.5. The van der Waals surface area contributed by atoms with Crippen molar-refractivity contribution in [3.05, 3.63) is 54.2 Å². The van der Waals surface area contributed by atoms with Crippen LogP contribution in [0.15, 0.2) is 42.7 Å². The lowest BCUT2D eigenvalue weighted by molar-refractivity contribution is -0.107. The molecule has 194 valence electrons. The number of nitrogens with zero attached hydrogens (tertiary/aromatic N) is 2. The first-order valence-electron chi connectivity index (χ1n) is 11.6. The van der Waals surface area contributed by atoms with E-state index in [0.29, 0.717) is 35.4 Å². The summed E-state index contributed by atoms with van der Waals surface area (Å²) in [7, 11) is 4.68. The molecule has 10 heteroatoms. The Bertz CT molecular complexity index is 1230. The number of carbonyl (C=O) groups excluding carboxylic acids is 1. The lowest BCUT2D eigenvalue weighted by Crippen LogP contribution is -2.00. The second-order valence-corrected chi connectivity index (χ2v) is 7.86. The number of hydrogen-bond donors (Lipinski definition) is 4. The van der Waals surface area contributed by atoms with Crippen LogP contribution < -0.4 is 15.5 Å². The first kappa shape index (κ1) is 28.6. The van der Waals surface area contributed by atoms with Crippen molar-refractivity contribution in [2.24, 2.45) is 0 Å². The highest BCUT2D eigenvalue weighted by atomic mass is 19.1. The summed E-state index contributed by atoms with van der Waals surface area (Å²) in [5.74, 6) is 0.932. The summed E-state index contributed by atoms with van der Waals surface area (Å²) >= 11 is 0. The Balaban J connectivity index is 0.000000693. The summed E-state index contributed by atoms with van der Waals surface area (Å²) in [6, 6.07) is 10.9. The van der Waals surface area contributed by atoms with Crippen LogP contribution in [-0.2, 0) is 9.53 Å². The van der Waals surface area contributed by atoms with Gasteiger partial charge in [0.05, 0.1) is 17.8 Å². The van der Waals surface area contributed by atoms with E-state index in [1.54, 1.807) is 31.8 Å². The number of halogens is 1. The first-order valence-corrected chi connectivity index (χ1v) is 11.6. The van der Waals surface area contributed by atoms with Gasteiger partial charge < -0.3 is 29.8 Å². The Morgan fingerprint density at radius 3 is 2.56 bits per heavy atom. The number of H-pyrrole nitrogens is 1. The summed E-state index contributed by atoms with van der Waals surface area (Å²) in [5.41, 5.74) is 4.49. The van der Waals surface area contributed by atoms with Crippen molar-refractivity contribution in [3.63, 3.8) is 0 Å². The highest BCUT2D eigenvalue weighted by Crippen LogP contribution is 2.30.